The Kier molecular flexibility index (Phi) is 3.15. The number of pyridine rings is 1. The second-order valence-electron chi connectivity index (χ2n) is 4.11. The first kappa shape index (κ1) is 11.7. The number of benzene rings is 1. The molecular weight excluding hydrogens is 214 g/mol. The molecule has 0 saturated carbocycles. The van der Waals surface area contributed by atoms with Crippen molar-refractivity contribution in [2.75, 3.05) is 25.2 Å². The fourth-order valence-corrected chi connectivity index (χ4v) is 1.97. The molecule has 2 rings (SSSR count). The van der Waals surface area contributed by atoms with E-state index in [2.05, 4.69) is 4.98 Å². The van der Waals surface area contributed by atoms with Crippen molar-refractivity contribution >= 4 is 22.3 Å². The summed E-state index contributed by atoms with van der Waals surface area (Å²) in [4.78, 5) is 4.46. The lowest BCUT2D eigenvalue weighted by molar-refractivity contribution is 0.202. The smallest absolute Gasteiger partial charge is 0.0711 e. The lowest BCUT2D eigenvalue weighted by Gasteiger charge is -2.12. The van der Waals surface area contributed by atoms with Crippen LogP contribution in [0.15, 0.2) is 18.2 Å². The van der Waals surface area contributed by atoms with E-state index in [0.717, 1.165) is 40.0 Å². The molecule has 4 heteroatoms. The summed E-state index contributed by atoms with van der Waals surface area (Å²) in [5, 5.41) is 1.02. The van der Waals surface area contributed by atoms with Gasteiger partial charge in [-0.1, -0.05) is 0 Å². The van der Waals surface area contributed by atoms with E-state index in [9.17, 15) is 0 Å². The number of methoxy groups -OCH3 is 1. The molecule has 0 bridgehead atoms. The number of fused-ring (bicyclic) bond motifs is 1. The highest BCUT2D eigenvalue weighted by molar-refractivity contribution is 5.89. The summed E-state index contributed by atoms with van der Waals surface area (Å²) >= 11 is 0. The number of ether oxygens (including phenoxy) is 1. The molecule has 0 amide bonds. The van der Waals surface area contributed by atoms with Gasteiger partial charge in [-0.2, -0.15) is 0 Å². The number of aromatic nitrogens is 1. The maximum absolute atomic E-state index is 6.08. The predicted octanol–water partition coefficient (Wildman–Crippen LogP) is 1.90. The van der Waals surface area contributed by atoms with Crippen molar-refractivity contribution in [3.05, 3.63) is 29.5 Å². The molecule has 1 aromatic carbocycles. The molecule has 0 radical (unpaired) electrons. The van der Waals surface area contributed by atoms with Crippen molar-refractivity contribution in [1.82, 2.24) is 4.98 Å². The molecule has 1 heterocycles. The van der Waals surface area contributed by atoms with Crippen molar-refractivity contribution in [2.45, 2.75) is 13.3 Å². The zero-order valence-corrected chi connectivity index (χ0v) is 10.2. The third-order valence-electron chi connectivity index (χ3n) is 2.90. The van der Waals surface area contributed by atoms with Crippen molar-refractivity contribution < 1.29 is 4.74 Å². The van der Waals surface area contributed by atoms with E-state index >= 15 is 0 Å². The van der Waals surface area contributed by atoms with Gasteiger partial charge >= 0.3 is 0 Å². The van der Waals surface area contributed by atoms with Crippen LogP contribution in [0.25, 0.3) is 10.9 Å². The molecule has 4 N–H and O–H groups in total. The van der Waals surface area contributed by atoms with Gasteiger partial charge in [0.15, 0.2) is 0 Å². The van der Waals surface area contributed by atoms with Crippen LogP contribution < -0.4 is 11.5 Å². The molecule has 0 spiro atoms. The molecule has 0 unspecified atom stereocenters. The average molecular weight is 231 g/mol. The lowest BCUT2D eigenvalue weighted by atomic mass is 10.0. The Morgan fingerprint density at radius 2 is 2.06 bits per heavy atom. The van der Waals surface area contributed by atoms with Gasteiger partial charge in [-0.15, -0.1) is 0 Å². The Morgan fingerprint density at radius 1 is 1.29 bits per heavy atom. The minimum Gasteiger partial charge on any atom is -0.399 e. The fourth-order valence-electron chi connectivity index (χ4n) is 1.97. The maximum Gasteiger partial charge on any atom is 0.0711 e. The Balaban J connectivity index is 2.66. The van der Waals surface area contributed by atoms with Gasteiger partial charge in [-0.25, -0.2) is 0 Å². The molecule has 4 nitrogen and oxygen atoms in total. The van der Waals surface area contributed by atoms with Crippen LogP contribution in [0.4, 0.5) is 11.4 Å². The Bertz CT molecular complexity index is 552. The molecule has 1 aromatic heterocycles. The second-order valence-corrected chi connectivity index (χ2v) is 4.11. The number of rotatable bonds is 3. The van der Waals surface area contributed by atoms with Crippen LogP contribution in [-0.2, 0) is 11.2 Å². The van der Waals surface area contributed by atoms with E-state index in [0.29, 0.717) is 6.61 Å². The molecule has 17 heavy (non-hydrogen) atoms. The van der Waals surface area contributed by atoms with Crippen molar-refractivity contribution in [2.24, 2.45) is 0 Å². The molecule has 0 aliphatic carbocycles. The lowest BCUT2D eigenvalue weighted by Crippen LogP contribution is -2.05. The van der Waals surface area contributed by atoms with Crippen LogP contribution in [0.5, 0.6) is 0 Å². The average Bonchev–Trinajstić information content (AvgIpc) is 2.31. The monoisotopic (exact) mass is 231 g/mol. The molecule has 2 aromatic rings. The maximum atomic E-state index is 6.08. The van der Waals surface area contributed by atoms with Crippen LogP contribution in [0.2, 0.25) is 0 Å². The van der Waals surface area contributed by atoms with E-state index < -0.39 is 0 Å². The summed E-state index contributed by atoms with van der Waals surface area (Å²) in [6.45, 7) is 2.55. The first-order chi connectivity index (χ1) is 8.13. The highest BCUT2D eigenvalue weighted by atomic mass is 16.5. The van der Waals surface area contributed by atoms with E-state index in [1.165, 1.54) is 0 Å². The van der Waals surface area contributed by atoms with Crippen LogP contribution >= 0.6 is 0 Å². The normalized spacial score (nSPS) is 10.9. The molecule has 0 atom stereocenters. The topological polar surface area (TPSA) is 74.2 Å². The zero-order valence-electron chi connectivity index (χ0n) is 10.2. The van der Waals surface area contributed by atoms with Crippen LogP contribution in [0.3, 0.4) is 0 Å². The number of nitrogen functional groups attached to an aromatic ring is 2. The minimum absolute atomic E-state index is 0.636. The van der Waals surface area contributed by atoms with E-state index in [-0.39, 0.29) is 0 Å². The van der Waals surface area contributed by atoms with Gasteiger partial charge in [-0.05, 0) is 37.1 Å². The Hall–Kier alpha value is -1.81. The quantitative estimate of drug-likeness (QED) is 0.791. The van der Waals surface area contributed by atoms with Crippen molar-refractivity contribution in [1.29, 1.82) is 0 Å². The number of nitrogens with zero attached hydrogens (tertiary/aromatic N) is 1. The summed E-state index contributed by atoms with van der Waals surface area (Å²) in [7, 11) is 1.68. The molecular formula is C13H17N3O. The second kappa shape index (κ2) is 4.59. The summed E-state index contributed by atoms with van der Waals surface area (Å²) in [6.07, 6.45) is 0.769. The van der Waals surface area contributed by atoms with Crippen molar-refractivity contribution in [3.63, 3.8) is 0 Å². The molecule has 0 saturated heterocycles. The Labute approximate surface area is 101 Å². The number of hydrogen-bond acceptors (Lipinski definition) is 4. The number of aryl methyl sites for hydroxylation is 1. The predicted molar refractivity (Wildman–Crippen MR) is 70.9 cm³/mol. The van der Waals surface area contributed by atoms with Crippen LogP contribution in [-0.4, -0.2) is 18.7 Å². The SMILES string of the molecule is COCCc1c(N)c(C)nc2ccc(N)cc12. The molecule has 0 aliphatic rings. The fraction of sp³-hybridized carbons (Fsp3) is 0.308. The highest BCUT2D eigenvalue weighted by Gasteiger charge is 2.10. The Morgan fingerprint density at radius 3 is 2.76 bits per heavy atom. The van der Waals surface area contributed by atoms with Gasteiger partial charge in [0, 0.05) is 18.2 Å². The number of nitrogens with two attached hydrogens (primary N) is 2. The van der Waals surface area contributed by atoms with Gasteiger partial charge in [0.1, 0.15) is 0 Å². The van der Waals surface area contributed by atoms with Gasteiger partial charge in [-0.3, -0.25) is 4.98 Å². The summed E-state index contributed by atoms with van der Waals surface area (Å²) < 4.78 is 5.11. The van der Waals surface area contributed by atoms with Gasteiger partial charge in [0.2, 0.25) is 0 Å². The van der Waals surface area contributed by atoms with Gasteiger partial charge < -0.3 is 16.2 Å². The highest BCUT2D eigenvalue weighted by Crippen LogP contribution is 2.27. The standard InChI is InChI=1S/C13H17N3O/c1-8-13(15)10(5-6-17-2)11-7-9(14)3-4-12(11)16-8/h3-4,7H,5-6,14-15H2,1-2H3. The van der Waals surface area contributed by atoms with E-state index in [4.69, 9.17) is 16.2 Å². The number of anilines is 2. The van der Waals surface area contributed by atoms with Crippen LogP contribution in [0, 0.1) is 6.92 Å². The molecule has 0 fully saturated rings. The largest absolute Gasteiger partial charge is 0.399 e. The zero-order chi connectivity index (χ0) is 12.4. The van der Waals surface area contributed by atoms with Crippen LogP contribution in [0.1, 0.15) is 11.3 Å². The summed E-state index contributed by atoms with van der Waals surface area (Å²) in [6, 6.07) is 5.70. The number of hydrogen-bond donors (Lipinski definition) is 2. The minimum atomic E-state index is 0.636. The molecule has 90 valence electrons. The van der Waals surface area contributed by atoms with Gasteiger partial charge in [0.25, 0.3) is 0 Å². The van der Waals surface area contributed by atoms with Crippen molar-refractivity contribution in [3.8, 4) is 0 Å². The summed E-state index contributed by atoms with van der Waals surface area (Å²) in [5.74, 6) is 0. The third-order valence-corrected chi connectivity index (χ3v) is 2.90. The van der Waals surface area contributed by atoms with Gasteiger partial charge in [0.05, 0.1) is 23.5 Å². The summed E-state index contributed by atoms with van der Waals surface area (Å²) in [5.41, 5.74) is 16.2. The first-order valence-corrected chi connectivity index (χ1v) is 5.56. The first-order valence-electron chi connectivity index (χ1n) is 5.56. The third kappa shape index (κ3) is 2.17. The van der Waals surface area contributed by atoms with E-state index in [1.807, 2.05) is 25.1 Å². The van der Waals surface area contributed by atoms with E-state index in [1.54, 1.807) is 7.11 Å². The molecule has 0 aliphatic heterocycles.